The van der Waals surface area contributed by atoms with Crippen molar-refractivity contribution in [1.82, 2.24) is 44.7 Å². The van der Waals surface area contributed by atoms with E-state index in [1.54, 1.807) is 34.6 Å². The molecule has 16 heteroatoms. The lowest BCUT2D eigenvalue weighted by Crippen LogP contribution is -2.39. The van der Waals surface area contributed by atoms with Crippen LogP contribution >= 0.6 is 11.6 Å². The molecule has 1 atom stereocenters. The lowest BCUT2D eigenvalue weighted by molar-refractivity contribution is -0.134. The van der Waals surface area contributed by atoms with Crippen LogP contribution in [-0.2, 0) is 28.5 Å². The highest BCUT2D eigenvalue weighted by Gasteiger charge is 2.32. The number of aryl methyl sites for hydroxylation is 3. The Balaban J connectivity index is 1.19. The molecular weight excluding hydrogens is 676 g/mol. The number of benzene rings is 2. The number of aromatic nitrogens is 7. The third kappa shape index (κ3) is 6.05. The molecule has 3 N–H and O–H groups in total. The van der Waals surface area contributed by atoms with E-state index in [0.29, 0.717) is 40.5 Å². The monoisotopic (exact) mass is 708 g/mol. The quantitative estimate of drug-likeness (QED) is 0.197. The Labute approximate surface area is 295 Å². The second-order valence-corrected chi connectivity index (χ2v) is 12.7. The predicted octanol–water partition coefficient (Wildman–Crippen LogP) is 3.73. The van der Waals surface area contributed by atoms with Crippen molar-refractivity contribution >= 4 is 62.6 Å². The number of halogens is 1. The van der Waals surface area contributed by atoms with Gasteiger partial charge in [-0.15, -0.1) is 0 Å². The number of hydrogen-bond donors (Lipinski definition) is 3. The number of rotatable bonds is 8. The van der Waals surface area contributed by atoms with E-state index in [2.05, 4.69) is 26.0 Å². The SMILES string of the molecule is CNC(=O)COc1cc2cc(Nc3nc(-n4nc(C)c(-c5ccc6c(C7CCC(=O)NC7=O)nn(C)c6c5)c4C)ncc3Cl)ccc2n(C)c1=O. The number of imide groups is 1. The molecule has 4 aromatic heterocycles. The number of nitrogens with one attached hydrogen (secondary N) is 3. The van der Waals surface area contributed by atoms with Crippen molar-refractivity contribution in [3.05, 3.63) is 81.1 Å². The fourth-order valence-corrected chi connectivity index (χ4v) is 6.58. The van der Waals surface area contributed by atoms with Crippen LogP contribution in [0.2, 0.25) is 5.02 Å². The van der Waals surface area contributed by atoms with Gasteiger partial charge in [0.1, 0.15) is 5.02 Å². The molecule has 0 bridgehead atoms. The van der Waals surface area contributed by atoms with Gasteiger partial charge < -0.3 is 19.9 Å². The van der Waals surface area contributed by atoms with Gasteiger partial charge in [0.05, 0.1) is 40.2 Å². The van der Waals surface area contributed by atoms with Gasteiger partial charge in [0.15, 0.2) is 18.2 Å². The highest BCUT2D eigenvalue weighted by molar-refractivity contribution is 6.32. The fourth-order valence-electron chi connectivity index (χ4n) is 6.44. The average Bonchev–Trinajstić information content (AvgIpc) is 3.60. The number of carbonyl (C=O) groups is 3. The number of carbonyl (C=O) groups excluding carboxylic acids is 3. The number of ether oxygens (including phenoxy) is 1. The van der Waals surface area contributed by atoms with Crippen molar-refractivity contribution in [2.75, 3.05) is 19.0 Å². The van der Waals surface area contributed by atoms with Gasteiger partial charge in [0.25, 0.3) is 17.4 Å². The van der Waals surface area contributed by atoms with Gasteiger partial charge in [0, 0.05) is 49.6 Å². The third-order valence-electron chi connectivity index (χ3n) is 9.04. The Morgan fingerprint density at radius 2 is 1.86 bits per heavy atom. The first-order valence-electron chi connectivity index (χ1n) is 16.1. The van der Waals surface area contributed by atoms with Crippen molar-refractivity contribution in [1.29, 1.82) is 0 Å². The Hall–Kier alpha value is -6.09. The predicted molar refractivity (Wildman–Crippen MR) is 191 cm³/mol. The number of pyridine rings is 1. The Morgan fingerprint density at radius 3 is 2.63 bits per heavy atom. The maximum atomic E-state index is 12.8. The van der Waals surface area contributed by atoms with E-state index in [9.17, 15) is 19.2 Å². The molecule has 15 nitrogen and oxygen atoms in total. The van der Waals surface area contributed by atoms with E-state index in [1.165, 1.54) is 17.8 Å². The number of amides is 3. The van der Waals surface area contributed by atoms with Crippen LogP contribution in [0.1, 0.15) is 35.8 Å². The summed E-state index contributed by atoms with van der Waals surface area (Å²) < 4.78 is 10.3. The largest absolute Gasteiger partial charge is 0.478 e. The molecule has 3 amide bonds. The minimum atomic E-state index is -0.497. The lowest BCUT2D eigenvalue weighted by atomic mass is 9.92. The molecular formula is C35H33ClN10O5. The highest BCUT2D eigenvalue weighted by Crippen LogP contribution is 2.35. The zero-order chi connectivity index (χ0) is 36.1. The van der Waals surface area contributed by atoms with Crippen LogP contribution in [0.15, 0.2) is 53.5 Å². The van der Waals surface area contributed by atoms with Crippen molar-refractivity contribution in [2.45, 2.75) is 32.6 Å². The molecule has 0 aliphatic carbocycles. The van der Waals surface area contributed by atoms with E-state index >= 15 is 0 Å². The summed E-state index contributed by atoms with van der Waals surface area (Å²) in [4.78, 5) is 58.0. The van der Waals surface area contributed by atoms with Crippen LogP contribution in [-0.4, -0.2) is 65.5 Å². The van der Waals surface area contributed by atoms with Crippen molar-refractivity contribution in [2.24, 2.45) is 14.1 Å². The smallest absolute Gasteiger partial charge is 0.293 e. The first-order chi connectivity index (χ1) is 24.4. The summed E-state index contributed by atoms with van der Waals surface area (Å²) in [5.41, 5.74) is 5.77. The van der Waals surface area contributed by atoms with Crippen LogP contribution in [0.4, 0.5) is 11.5 Å². The number of nitrogens with zero attached hydrogens (tertiary/aromatic N) is 7. The van der Waals surface area contributed by atoms with Gasteiger partial charge in [0.2, 0.25) is 11.8 Å². The first kappa shape index (κ1) is 33.4. The number of piperidine rings is 1. The summed E-state index contributed by atoms with van der Waals surface area (Å²) in [5.74, 6) is -0.762. The van der Waals surface area contributed by atoms with Crippen LogP contribution in [0.25, 0.3) is 38.9 Å². The summed E-state index contributed by atoms with van der Waals surface area (Å²) >= 11 is 6.55. The fraction of sp³-hybridized carbons (Fsp3) is 0.257. The zero-order valence-electron chi connectivity index (χ0n) is 28.4. The van der Waals surface area contributed by atoms with Gasteiger partial charge in [-0.3, -0.25) is 29.2 Å². The summed E-state index contributed by atoms with van der Waals surface area (Å²) in [6, 6.07) is 12.9. The molecule has 0 saturated carbocycles. The van der Waals surface area contributed by atoms with Crippen molar-refractivity contribution < 1.29 is 19.1 Å². The number of likely N-dealkylation sites (N-methyl/N-ethyl adjacent to an activating group) is 1. The van der Waals surface area contributed by atoms with E-state index in [1.807, 2.05) is 45.2 Å². The van der Waals surface area contributed by atoms with Gasteiger partial charge in [-0.05, 0) is 56.2 Å². The maximum Gasteiger partial charge on any atom is 0.293 e. The lowest BCUT2D eigenvalue weighted by Gasteiger charge is -2.19. The molecule has 1 aliphatic rings. The molecule has 1 unspecified atom stereocenters. The van der Waals surface area contributed by atoms with Crippen LogP contribution in [0, 0.1) is 13.8 Å². The highest BCUT2D eigenvalue weighted by atomic mass is 35.5. The molecule has 51 heavy (non-hydrogen) atoms. The third-order valence-corrected chi connectivity index (χ3v) is 9.32. The Morgan fingerprint density at radius 1 is 1.06 bits per heavy atom. The normalized spacial score (nSPS) is 14.6. The zero-order valence-corrected chi connectivity index (χ0v) is 29.1. The Bertz CT molecular complexity index is 2480. The van der Waals surface area contributed by atoms with Gasteiger partial charge in [-0.25, -0.2) is 9.67 Å². The Kier molecular flexibility index (Phi) is 8.51. The average molecular weight is 709 g/mol. The van der Waals surface area contributed by atoms with Gasteiger partial charge >= 0.3 is 0 Å². The van der Waals surface area contributed by atoms with Crippen LogP contribution in [0.3, 0.4) is 0 Å². The van der Waals surface area contributed by atoms with Crippen LogP contribution < -0.4 is 26.2 Å². The summed E-state index contributed by atoms with van der Waals surface area (Å²) in [7, 11) is 4.96. The number of anilines is 2. The molecule has 5 heterocycles. The van der Waals surface area contributed by atoms with Crippen molar-refractivity contribution in [3.63, 3.8) is 0 Å². The maximum absolute atomic E-state index is 12.8. The molecule has 260 valence electrons. The van der Waals surface area contributed by atoms with Crippen LogP contribution in [0.5, 0.6) is 5.75 Å². The van der Waals surface area contributed by atoms with Gasteiger partial charge in [-0.2, -0.15) is 15.2 Å². The minimum absolute atomic E-state index is 0.0470. The molecule has 2 aromatic carbocycles. The molecule has 1 aliphatic heterocycles. The molecule has 7 rings (SSSR count). The van der Waals surface area contributed by atoms with E-state index in [-0.39, 0.29) is 47.1 Å². The molecule has 1 saturated heterocycles. The summed E-state index contributed by atoms with van der Waals surface area (Å²) in [6.45, 7) is 3.55. The van der Waals surface area contributed by atoms with E-state index < -0.39 is 5.92 Å². The number of fused-ring (bicyclic) bond motifs is 2. The molecule has 1 fully saturated rings. The second kappa shape index (κ2) is 13.0. The van der Waals surface area contributed by atoms with Crippen molar-refractivity contribution in [3.8, 4) is 22.8 Å². The topological polar surface area (TPSA) is 180 Å². The second-order valence-electron chi connectivity index (χ2n) is 12.3. The first-order valence-corrected chi connectivity index (χ1v) is 16.4. The summed E-state index contributed by atoms with van der Waals surface area (Å²) in [6.07, 6.45) is 2.19. The van der Waals surface area contributed by atoms with Gasteiger partial charge in [-0.1, -0.05) is 23.7 Å². The summed E-state index contributed by atoms with van der Waals surface area (Å²) in [5, 5.41) is 19.4. The number of hydrogen-bond acceptors (Lipinski definition) is 10. The molecule has 0 radical (unpaired) electrons. The molecule has 0 spiro atoms. The van der Waals surface area contributed by atoms with E-state index in [4.69, 9.17) is 26.4 Å². The van der Waals surface area contributed by atoms with E-state index in [0.717, 1.165) is 33.4 Å². The standard InChI is InChI=1S/C35H33ClN10O5/c1-17-30(19-6-8-22-26(13-19)45(5)43-31(22)23-9-11-28(47)40-33(23)49)18(2)46(42-17)35-38-15-24(36)32(41-35)39-21-7-10-25-20(12-21)14-27(34(50)44(25)4)51-16-29(48)37-3/h6-8,10,12-15,23H,9,11,16H2,1-5H3,(H,37,48)(H,38,39,41)(H,40,47,49). The molecule has 6 aromatic rings. The minimum Gasteiger partial charge on any atom is -0.478 e.